The molecule has 0 saturated carbocycles. The Morgan fingerprint density at radius 2 is 2.21 bits per heavy atom. The fraction of sp³-hybridized carbons (Fsp3) is 0.167. The lowest BCUT2D eigenvalue weighted by molar-refractivity contribution is 0.101. The molecule has 7 heteroatoms. The number of rotatable bonds is 2. The molecule has 0 aliphatic rings. The summed E-state index contributed by atoms with van der Waals surface area (Å²) >= 11 is 3.24. The molecule has 1 amide bonds. The molecule has 0 unspecified atom stereocenters. The predicted molar refractivity (Wildman–Crippen MR) is 74.4 cm³/mol. The minimum atomic E-state index is -0.438. The third-order valence-corrected chi connectivity index (χ3v) is 3.35. The molecular weight excluding hydrogens is 315 g/mol. The van der Waals surface area contributed by atoms with Crippen LogP contribution in [0.5, 0.6) is 0 Å². The van der Waals surface area contributed by atoms with E-state index in [-0.39, 0.29) is 5.69 Å². The first-order chi connectivity index (χ1) is 8.90. The van der Waals surface area contributed by atoms with E-state index in [1.807, 2.05) is 0 Å². The Bertz CT molecular complexity index is 653. The topological polar surface area (TPSA) is 72.9 Å². The summed E-state index contributed by atoms with van der Waals surface area (Å²) < 4.78 is 15.1. The zero-order valence-electron chi connectivity index (χ0n) is 10.4. The van der Waals surface area contributed by atoms with Crippen LogP contribution in [0.15, 0.2) is 22.7 Å². The largest absolute Gasteiger partial charge is 0.395 e. The smallest absolute Gasteiger partial charge is 0.276 e. The van der Waals surface area contributed by atoms with Crippen LogP contribution in [-0.4, -0.2) is 15.7 Å². The van der Waals surface area contributed by atoms with Crippen molar-refractivity contribution in [1.29, 1.82) is 0 Å². The predicted octanol–water partition coefficient (Wildman–Crippen LogP) is 2.46. The lowest BCUT2D eigenvalue weighted by atomic mass is 10.2. The Kier molecular flexibility index (Phi) is 3.57. The number of hydrogen-bond acceptors (Lipinski definition) is 3. The van der Waals surface area contributed by atoms with Crippen LogP contribution in [-0.2, 0) is 7.05 Å². The van der Waals surface area contributed by atoms with Crippen LogP contribution in [0.1, 0.15) is 16.2 Å². The average molecular weight is 327 g/mol. The molecule has 3 N–H and O–H groups in total. The van der Waals surface area contributed by atoms with Crippen molar-refractivity contribution in [3.8, 4) is 0 Å². The normalized spacial score (nSPS) is 10.5. The van der Waals surface area contributed by atoms with E-state index in [9.17, 15) is 9.18 Å². The zero-order chi connectivity index (χ0) is 14.2. The van der Waals surface area contributed by atoms with Gasteiger partial charge >= 0.3 is 0 Å². The van der Waals surface area contributed by atoms with E-state index < -0.39 is 11.7 Å². The number of aryl methyl sites for hydroxylation is 2. The van der Waals surface area contributed by atoms with E-state index in [2.05, 4.69) is 26.3 Å². The van der Waals surface area contributed by atoms with Crippen LogP contribution >= 0.6 is 15.9 Å². The molecule has 0 aliphatic heterocycles. The number of anilines is 2. The summed E-state index contributed by atoms with van der Waals surface area (Å²) in [5.74, 6) is -0.875. The van der Waals surface area contributed by atoms with Crippen molar-refractivity contribution in [2.75, 3.05) is 11.1 Å². The molecule has 19 heavy (non-hydrogen) atoms. The van der Waals surface area contributed by atoms with E-state index >= 15 is 0 Å². The van der Waals surface area contributed by atoms with Crippen LogP contribution in [0.3, 0.4) is 0 Å². The highest BCUT2D eigenvalue weighted by molar-refractivity contribution is 9.10. The third-order valence-electron chi connectivity index (χ3n) is 2.66. The number of carbonyl (C=O) groups excluding carboxylic acids is 1. The number of benzene rings is 1. The Labute approximate surface area is 117 Å². The molecule has 1 aromatic carbocycles. The van der Waals surface area contributed by atoms with Gasteiger partial charge in [-0.05, 0) is 41.1 Å². The highest BCUT2D eigenvalue weighted by Crippen LogP contribution is 2.24. The van der Waals surface area contributed by atoms with Gasteiger partial charge < -0.3 is 11.1 Å². The van der Waals surface area contributed by atoms with E-state index in [4.69, 9.17) is 5.73 Å². The number of carbonyl (C=O) groups is 1. The van der Waals surface area contributed by atoms with Crippen molar-refractivity contribution < 1.29 is 9.18 Å². The van der Waals surface area contributed by atoms with Crippen molar-refractivity contribution in [3.05, 3.63) is 39.9 Å². The standard InChI is InChI=1S/C12H12BrFN4O/c1-6-10(15)11(18(2)17-6)12(19)16-9-5-7(14)3-4-8(9)13/h3-5H,15H2,1-2H3,(H,16,19). The molecule has 0 radical (unpaired) electrons. The molecule has 1 aromatic heterocycles. The van der Waals surface area contributed by atoms with Crippen molar-refractivity contribution in [2.24, 2.45) is 7.05 Å². The fourth-order valence-electron chi connectivity index (χ4n) is 1.72. The van der Waals surface area contributed by atoms with E-state index in [1.165, 1.54) is 22.9 Å². The maximum atomic E-state index is 13.1. The second-order valence-electron chi connectivity index (χ2n) is 4.05. The number of aromatic nitrogens is 2. The van der Waals surface area contributed by atoms with E-state index in [0.29, 0.717) is 21.5 Å². The second kappa shape index (κ2) is 5.00. The molecule has 2 aromatic rings. The number of amides is 1. The van der Waals surface area contributed by atoms with Gasteiger partial charge in [-0.1, -0.05) is 0 Å². The van der Waals surface area contributed by atoms with Gasteiger partial charge in [0.05, 0.1) is 17.1 Å². The summed E-state index contributed by atoms with van der Waals surface area (Å²) in [4.78, 5) is 12.1. The Morgan fingerprint density at radius 3 is 2.79 bits per heavy atom. The van der Waals surface area contributed by atoms with Crippen LogP contribution in [0.4, 0.5) is 15.8 Å². The molecule has 0 aliphatic carbocycles. The first-order valence-electron chi connectivity index (χ1n) is 5.45. The SMILES string of the molecule is Cc1nn(C)c(C(=O)Nc2cc(F)ccc2Br)c1N. The number of nitrogens with two attached hydrogens (primary N) is 1. The van der Waals surface area contributed by atoms with Crippen LogP contribution in [0.25, 0.3) is 0 Å². The van der Waals surface area contributed by atoms with Gasteiger partial charge in [0.25, 0.3) is 5.91 Å². The second-order valence-corrected chi connectivity index (χ2v) is 4.90. The van der Waals surface area contributed by atoms with Gasteiger partial charge in [-0.25, -0.2) is 4.39 Å². The fourth-order valence-corrected chi connectivity index (χ4v) is 2.06. The molecule has 0 spiro atoms. The number of hydrogen-bond donors (Lipinski definition) is 2. The molecule has 1 heterocycles. The number of nitrogens with one attached hydrogen (secondary N) is 1. The van der Waals surface area contributed by atoms with Gasteiger partial charge in [0.1, 0.15) is 11.5 Å². The van der Waals surface area contributed by atoms with Gasteiger partial charge in [0.2, 0.25) is 0 Å². The monoisotopic (exact) mass is 326 g/mol. The van der Waals surface area contributed by atoms with Gasteiger partial charge in [0, 0.05) is 11.5 Å². The quantitative estimate of drug-likeness (QED) is 0.890. The lowest BCUT2D eigenvalue weighted by Gasteiger charge is -2.08. The molecule has 0 atom stereocenters. The van der Waals surface area contributed by atoms with Gasteiger partial charge in [-0.2, -0.15) is 5.10 Å². The lowest BCUT2D eigenvalue weighted by Crippen LogP contribution is -2.18. The number of nitrogens with zero attached hydrogens (tertiary/aromatic N) is 2. The minimum Gasteiger partial charge on any atom is -0.395 e. The maximum absolute atomic E-state index is 13.1. The Hall–Kier alpha value is -1.89. The van der Waals surface area contributed by atoms with Gasteiger partial charge in [-0.15, -0.1) is 0 Å². The van der Waals surface area contributed by atoms with Gasteiger partial charge in [0.15, 0.2) is 0 Å². The van der Waals surface area contributed by atoms with E-state index in [1.54, 1.807) is 14.0 Å². The van der Waals surface area contributed by atoms with Crippen molar-refractivity contribution in [1.82, 2.24) is 9.78 Å². The van der Waals surface area contributed by atoms with Crippen LogP contribution in [0, 0.1) is 12.7 Å². The van der Waals surface area contributed by atoms with Crippen molar-refractivity contribution >= 4 is 33.2 Å². The maximum Gasteiger partial charge on any atom is 0.276 e. The average Bonchev–Trinajstić information content (AvgIpc) is 2.58. The number of halogens is 2. The first kappa shape index (κ1) is 13.5. The number of nitrogen functional groups attached to an aromatic ring is 1. The molecule has 100 valence electrons. The van der Waals surface area contributed by atoms with Gasteiger partial charge in [-0.3, -0.25) is 9.48 Å². The third kappa shape index (κ3) is 2.60. The first-order valence-corrected chi connectivity index (χ1v) is 6.25. The summed E-state index contributed by atoms with van der Waals surface area (Å²) in [5, 5.41) is 6.65. The highest BCUT2D eigenvalue weighted by Gasteiger charge is 2.18. The molecule has 0 saturated heterocycles. The van der Waals surface area contributed by atoms with Crippen molar-refractivity contribution in [3.63, 3.8) is 0 Å². The Morgan fingerprint density at radius 1 is 1.53 bits per heavy atom. The van der Waals surface area contributed by atoms with Crippen LogP contribution < -0.4 is 11.1 Å². The molecule has 2 rings (SSSR count). The van der Waals surface area contributed by atoms with Crippen LogP contribution in [0.2, 0.25) is 0 Å². The molecule has 5 nitrogen and oxygen atoms in total. The minimum absolute atomic E-state index is 0.244. The molecular formula is C12H12BrFN4O. The molecule has 0 bridgehead atoms. The molecule has 0 fully saturated rings. The van der Waals surface area contributed by atoms with E-state index in [0.717, 1.165) is 0 Å². The zero-order valence-corrected chi connectivity index (χ0v) is 12.0. The Balaban J connectivity index is 2.33. The summed E-state index contributed by atoms with van der Waals surface area (Å²) in [7, 11) is 1.62. The van der Waals surface area contributed by atoms with Crippen molar-refractivity contribution in [2.45, 2.75) is 6.92 Å². The highest BCUT2D eigenvalue weighted by atomic mass is 79.9. The summed E-state index contributed by atoms with van der Waals surface area (Å²) in [6, 6.07) is 4.03. The summed E-state index contributed by atoms with van der Waals surface area (Å²) in [6.07, 6.45) is 0. The summed E-state index contributed by atoms with van der Waals surface area (Å²) in [5.41, 5.74) is 7.26. The summed E-state index contributed by atoms with van der Waals surface area (Å²) in [6.45, 7) is 1.71.